The molecule has 0 unspecified atom stereocenters. The molecule has 13 heavy (non-hydrogen) atoms. The van der Waals surface area contributed by atoms with E-state index in [0.29, 0.717) is 6.54 Å². The summed E-state index contributed by atoms with van der Waals surface area (Å²) in [6, 6.07) is 5.69. The molecule has 68 valence electrons. The molecule has 1 aromatic carbocycles. The first-order chi connectivity index (χ1) is 6.27. The lowest BCUT2D eigenvalue weighted by Gasteiger charge is -2.04. The van der Waals surface area contributed by atoms with E-state index >= 15 is 0 Å². The summed E-state index contributed by atoms with van der Waals surface area (Å²) in [5.74, 6) is 0.846. The number of rotatable bonds is 3. The zero-order chi connectivity index (χ0) is 9.68. The second-order valence-corrected chi connectivity index (χ2v) is 2.71. The molecule has 0 saturated heterocycles. The summed E-state index contributed by atoms with van der Waals surface area (Å²) in [6.45, 7) is 2.33. The average Bonchev–Trinajstić information content (AvgIpc) is 2.15. The van der Waals surface area contributed by atoms with E-state index in [-0.39, 0.29) is 0 Å². The van der Waals surface area contributed by atoms with Crippen LogP contribution in [0.15, 0.2) is 23.2 Å². The first-order valence-corrected chi connectivity index (χ1v) is 3.95. The van der Waals surface area contributed by atoms with Crippen LogP contribution in [0, 0.1) is 6.92 Å². The largest absolute Gasteiger partial charge is 0.496 e. The van der Waals surface area contributed by atoms with Crippen LogP contribution in [0.2, 0.25) is 0 Å². The smallest absolute Gasteiger partial charge is 0.235 e. The summed E-state index contributed by atoms with van der Waals surface area (Å²) in [5, 5.41) is 0. The summed E-state index contributed by atoms with van der Waals surface area (Å²) in [4.78, 5) is 13.4. The predicted molar refractivity (Wildman–Crippen MR) is 49.6 cm³/mol. The van der Waals surface area contributed by atoms with E-state index in [1.165, 1.54) is 6.08 Å². The Hall–Kier alpha value is -1.60. The van der Waals surface area contributed by atoms with Crippen molar-refractivity contribution in [2.24, 2.45) is 4.99 Å². The highest BCUT2D eigenvalue weighted by Gasteiger charge is 1.98. The van der Waals surface area contributed by atoms with Gasteiger partial charge in [0.15, 0.2) is 0 Å². The van der Waals surface area contributed by atoms with Gasteiger partial charge in [-0.2, -0.15) is 0 Å². The van der Waals surface area contributed by atoms with Crippen LogP contribution in [0.4, 0.5) is 0 Å². The van der Waals surface area contributed by atoms with Crippen LogP contribution in [0.25, 0.3) is 0 Å². The molecule has 0 aromatic heterocycles. The van der Waals surface area contributed by atoms with Gasteiger partial charge < -0.3 is 4.74 Å². The lowest BCUT2D eigenvalue weighted by molar-refractivity contribution is 0.411. The number of ether oxygens (including phenoxy) is 1. The SMILES string of the molecule is COc1ccc(CN=C=O)cc1C. The summed E-state index contributed by atoms with van der Waals surface area (Å²) >= 11 is 0. The van der Waals surface area contributed by atoms with Gasteiger partial charge in [-0.15, -0.1) is 0 Å². The van der Waals surface area contributed by atoms with Crippen molar-refractivity contribution in [3.63, 3.8) is 0 Å². The van der Waals surface area contributed by atoms with E-state index in [2.05, 4.69) is 4.99 Å². The van der Waals surface area contributed by atoms with Crippen LogP contribution in [-0.4, -0.2) is 13.2 Å². The van der Waals surface area contributed by atoms with Gasteiger partial charge in [-0.05, 0) is 24.1 Å². The monoisotopic (exact) mass is 177 g/mol. The minimum Gasteiger partial charge on any atom is -0.496 e. The lowest BCUT2D eigenvalue weighted by Crippen LogP contribution is -1.89. The Morgan fingerprint density at radius 2 is 2.31 bits per heavy atom. The number of benzene rings is 1. The molecule has 0 spiro atoms. The first kappa shape index (κ1) is 9.49. The quantitative estimate of drug-likeness (QED) is 0.522. The summed E-state index contributed by atoms with van der Waals surface area (Å²) in [5.41, 5.74) is 2.03. The van der Waals surface area contributed by atoms with Gasteiger partial charge in [-0.25, -0.2) is 9.79 Å². The molecular weight excluding hydrogens is 166 g/mol. The molecule has 3 heteroatoms. The Morgan fingerprint density at radius 3 is 2.85 bits per heavy atom. The Labute approximate surface area is 77.1 Å². The Morgan fingerprint density at radius 1 is 1.54 bits per heavy atom. The first-order valence-electron chi connectivity index (χ1n) is 3.95. The summed E-state index contributed by atoms with van der Waals surface area (Å²) in [6.07, 6.45) is 1.51. The third kappa shape index (κ3) is 2.42. The molecule has 1 aromatic rings. The topological polar surface area (TPSA) is 38.7 Å². The molecule has 0 fully saturated rings. The van der Waals surface area contributed by atoms with Crippen LogP contribution in [-0.2, 0) is 11.3 Å². The number of hydrogen-bond donors (Lipinski definition) is 0. The minimum atomic E-state index is 0.383. The number of aliphatic imine (C=N–C) groups is 1. The van der Waals surface area contributed by atoms with Crippen molar-refractivity contribution >= 4 is 6.08 Å². The van der Waals surface area contributed by atoms with Gasteiger partial charge in [0.05, 0.1) is 13.7 Å². The molecule has 0 atom stereocenters. The minimum absolute atomic E-state index is 0.383. The Bertz CT molecular complexity index is 341. The van der Waals surface area contributed by atoms with Gasteiger partial charge in [0.2, 0.25) is 6.08 Å². The normalized spacial score (nSPS) is 9.08. The zero-order valence-electron chi connectivity index (χ0n) is 7.70. The maximum atomic E-state index is 9.87. The van der Waals surface area contributed by atoms with Gasteiger partial charge in [0.1, 0.15) is 5.75 Å². The Balaban J connectivity index is 2.88. The molecule has 0 bridgehead atoms. The van der Waals surface area contributed by atoms with E-state index < -0.39 is 0 Å². The molecule has 0 aliphatic rings. The number of methoxy groups -OCH3 is 1. The van der Waals surface area contributed by atoms with Crippen molar-refractivity contribution < 1.29 is 9.53 Å². The maximum absolute atomic E-state index is 9.87. The molecule has 0 amide bonds. The fourth-order valence-electron chi connectivity index (χ4n) is 1.16. The highest BCUT2D eigenvalue weighted by molar-refractivity contribution is 5.38. The molecule has 1 rings (SSSR count). The maximum Gasteiger partial charge on any atom is 0.235 e. The summed E-state index contributed by atoms with van der Waals surface area (Å²) < 4.78 is 5.10. The van der Waals surface area contributed by atoms with Crippen LogP contribution in [0.3, 0.4) is 0 Å². The summed E-state index contributed by atoms with van der Waals surface area (Å²) in [7, 11) is 1.63. The second kappa shape index (κ2) is 4.43. The zero-order valence-corrected chi connectivity index (χ0v) is 7.70. The van der Waals surface area contributed by atoms with Gasteiger partial charge in [0, 0.05) is 0 Å². The van der Waals surface area contributed by atoms with E-state index in [4.69, 9.17) is 4.74 Å². The standard InChI is InChI=1S/C10H11NO2/c1-8-5-9(6-11-7-12)3-4-10(8)13-2/h3-5H,6H2,1-2H3. The number of carbonyl (C=O) groups excluding carboxylic acids is 1. The number of isocyanates is 1. The molecule has 0 saturated carbocycles. The third-order valence-electron chi connectivity index (χ3n) is 1.79. The highest BCUT2D eigenvalue weighted by Crippen LogP contribution is 2.18. The van der Waals surface area contributed by atoms with Gasteiger partial charge in [-0.1, -0.05) is 12.1 Å². The fourth-order valence-corrected chi connectivity index (χ4v) is 1.16. The third-order valence-corrected chi connectivity index (χ3v) is 1.79. The average molecular weight is 177 g/mol. The molecule has 0 aliphatic carbocycles. The van der Waals surface area contributed by atoms with E-state index in [9.17, 15) is 4.79 Å². The van der Waals surface area contributed by atoms with Crippen LogP contribution in [0.5, 0.6) is 5.75 Å². The van der Waals surface area contributed by atoms with Crippen molar-refractivity contribution in [1.82, 2.24) is 0 Å². The second-order valence-electron chi connectivity index (χ2n) is 2.71. The molecule has 0 radical (unpaired) electrons. The van der Waals surface area contributed by atoms with Crippen LogP contribution >= 0.6 is 0 Å². The van der Waals surface area contributed by atoms with E-state index in [1.54, 1.807) is 7.11 Å². The molecular formula is C10H11NO2. The van der Waals surface area contributed by atoms with Crippen molar-refractivity contribution in [3.05, 3.63) is 29.3 Å². The van der Waals surface area contributed by atoms with Crippen molar-refractivity contribution in [2.45, 2.75) is 13.5 Å². The fraction of sp³-hybridized carbons (Fsp3) is 0.300. The molecule has 0 aliphatic heterocycles. The lowest BCUT2D eigenvalue weighted by atomic mass is 10.1. The number of hydrogen-bond acceptors (Lipinski definition) is 3. The van der Waals surface area contributed by atoms with Crippen molar-refractivity contribution in [1.29, 1.82) is 0 Å². The number of nitrogens with zero attached hydrogens (tertiary/aromatic N) is 1. The highest BCUT2D eigenvalue weighted by atomic mass is 16.5. The van der Waals surface area contributed by atoms with E-state index in [1.807, 2.05) is 25.1 Å². The molecule has 0 N–H and O–H groups in total. The van der Waals surface area contributed by atoms with Gasteiger partial charge in [0.25, 0.3) is 0 Å². The molecule has 3 nitrogen and oxygen atoms in total. The van der Waals surface area contributed by atoms with E-state index in [0.717, 1.165) is 16.9 Å². The van der Waals surface area contributed by atoms with Crippen molar-refractivity contribution in [2.75, 3.05) is 7.11 Å². The van der Waals surface area contributed by atoms with Gasteiger partial charge in [-0.3, -0.25) is 0 Å². The van der Waals surface area contributed by atoms with Crippen LogP contribution < -0.4 is 4.74 Å². The van der Waals surface area contributed by atoms with Crippen molar-refractivity contribution in [3.8, 4) is 5.75 Å². The predicted octanol–water partition coefficient (Wildman–Crippen LogP) is 1.84. The Kier molecular flexibility index (Phi) is 3.23. The molecule has 0 heterocycles. The van der Waals surface area contributed by atoms with Crippen LogP contribution in [0.1, 0.15) is 11.1 Å². The van der Waals surface area contributed by atoms with Gasteiger partial charge >= 0.3 is 0 Å². The number of aryl methyl sites for hydroxylation is 1.